The summed E-state index contributed by atoms with van der Waals surface area (Å²) >= 11 is 3.05. The van der Waals surface area contributed by atoms with Crippen LogP contribution in [0.2, 0.25) is 0 Å². The lowest BCUT2D eigenvalue weighted by atomic mass is 10.1. The van der Waals surface area contributed by atoms with Gasteiger partial charge in [0.05, 0.1) is 5.56 Å². The van der Waals surface area contributed by atoms with Crippen LogP contribution >= 0.6 is 15.9 Å². The van der Waals surface area contributed by atoms with Crippen LogP contribution in [0.4, 0.5) is 18.9 Å². The molecule has 0 fully saturated rings. The summed E-state index contributed by atoms with van der Waals surface area (Å²) in [4.78, 5) is 1.57. The summed E-state index contributed by atoms with van der Waals surface area (Å²) in [5.74, 6) is 0. The largest absolute Gasteiger partial charge is 0.418 e. The molecular formula is C11H14BrF3N2. The van der Waals surface area contributed by atoms with Gasteiger partial charge in [0.2, 0.25) is 0 Å². The second-order valence-electron chi connectivity index (χ2n) is 3.72. The maximum atomic E-state index is 12.8. The third-order valence-corrected chi connectivity index (χ3v) is 2.87. The average Bonchev–Trinajstić information content (AvgIpc) is 2.24. The van der Waals surface area contributed by atoms with E-state index < -0.39 is 11.7 Å². The van der Waals surface area contributed by atoms with Crippen LogP contribution in [-0.4, -0.2) is 20.1 Å². The van der Waals surface area contributed by atoms with Gasteiger partial charge in [-0.25, -0.2) is 0 Å². The standard InChI is InChI=1S/C11H14BrF3N2/c1-17(6-2-5-16)10-4-3-8(12)7-9(10)11(13,14)15/h3-4,7H,2,5-6,16H2,1H3. The van der Waals surface area contributed by atoms with Crippen molar-refractivity contribution in [2.24, 2.45) is 5.73 Å². The van der Waals surface area contributed by atoms with Crippen molar-refractivity contribution in [2.75, 3.05) is 25.0 Å². The van der Waals surface area contributed by atoms with Crippen molar-refractivity contribution in [3.8, 4) is 0 Å². The quantitative estimate of drug-likeness (QED) is 0.925. The summed E-state index contributed by atoms with van der Waals surface area (Å²) in [5.41, 5.74) is 4.89. The van der Waals surface area contributed by atoms with Crippen LogP contribution in [0.15, 0.2) is 22.7 Å². The molecule has 96 valence electrons. The number of benzene rings is 1. The molecule has 1 aromatic carbocycles. The first-order valence-corrected chi connectivity index (χ1v) is 5.93. The molecular weight excluding hydrogens is 297 g/mol. The average molecular weight is 311 g/mol. The van der Waals surface area contributed by atoms with Crippen LogP contribution in [0, 0.1) is 0 Å². The van der Waals surface area contributed by atoms with Gasteiger partial charge in [-0.05, 0) is 31.2 Å². The van der Waals surface area contributed by atoms with Gasteiger partial charge >= 0.3 is 6.18 Å². The van der Waals surface area contributed by atoms with Crippen LogP contribution < -0.4 is 10.6 Å². The Hall–Kier alpha value is -0.750. The molecule has 17 heavy (non-hydrogen) atoms. The highest BCUT2D eigenvalue weighted by molar-refractivity contribution is 9.10. The summed E-state index contributed by atoms with van der Waals surface area (Å²) in [7, 11) is 1.63. The number of halogens is 4. The number of alkyl halides is 3. The van der Waals surface area contributed by atoms with Gasteiger partial charge in [-0.1, -0.05) is 15.9 Å². The monoisotopic (exact) mass is 310 g/mol. The fourth-order valence-electron chi connectivity index (χ4n) is 1.52. The molecule has 0 unspecified atom stereocenters. The fourth-order valence-corrected chi connectivity index (χ4v) is 1.88. The first-order valence-electron chi connectivity index (χ1n) is 5.14. The molecule has 0 aromatic heterocycles. The van der Waals surface area contributed by atoms with E-state index in [1.165, 1.54) is 6.07 Å². The zero-order chi connectivity index (χ0) is 13.1. The van der Waals surface area contributed by atoms with Gasteiger partial charge in [0.15, 0.2) is 0 Å². The lowest BCUT2D eigenvalue weighted by Crippen LogP contribution is -2.24. The van der Waals surface area contributed by atoms with Gasteiger partial charge in [0.25, 0.3) is 0 Å². The molecule has 0 saturated carbocycles. The molecule has 0 heterocycles. The van der Waals surface area contributed by atoms with E-state index in [-0.39, 0.29) is 5.69 Å². The summed E-state index contributed by atoms with van der Waals surface area (Å²) < 4.78 is 38.9. The SMILES string of the molecule is CN(CCCN)c1ccc(Br)cc1C(F)(F)F. The van der Waals surface area contributed by atoms with Gasteiger partial charge in [-0.2, -0.15) is 13.2 Å². The molecule has 0 saturated heterocycles. The second kappa shape index (κ2) is 5.73. The molecule has 0 amide bonds. The van der Waals surface area contributed by atoms with Crippen molar-refractivity contribution in [2.45, 2.75) is 12.6 Å². The number of anilines is 1. The molecule has 0 bridgehead atoms. The van der Waals surface area contributed by atoms with E-state index in [0.717, 1.165) is 6.07 Å². The fraction of sp³-hybridized carbons (Fsp3) is 0.455. The van der Waals surface area contributed by atoms with E-state index in [9.17, 15) is 13.2 Å². The predicted octanol–water partition coefficient (Wildman–Crippen LogP) is 3.25. The normalized spacial score (nSPS) is 11.6. The van der Waals surface area contributed by atoms with Gasteiger partial charge < -0.3 is 10.6 Å². The zero-order valence-electron chi connectivity index (χ0n) is 9.39. The van der Waals surface area contributed by atoms with Crippen LogP contribution in [0.25, 0.3) is 0 Å². The Morgan fingerprint density at radius 2 is 2.00 bits per heavy atom. The highest BCUT2D eigenvalue weighted by Crippen LogP contribution is 2.37. The number of hydrogen-bond donors (Lipinski definition) is 1. The zero-order valence-corrected chi connectivity index (χ0v) is 11.0. The highest BCUT2D eigenvalue weighted by atomic mass is 79.9. The molecule has 0 aliphatic heterocycles. The first-order chi connectivity index (χ1) is 7.86. The number of nitrogens with zero attached hydrogens (tertiary/aromatic N) is 1. The lowest BCUT2D eigenvalue weighted by molar-refractivity contribution is -0.137. The molecule has 0 aliphatic rings. The maximum absolute atomic E-state index is 12.8. The van der Waals surface area contributed by atoms with E-state index >= 15 is 0 Å². The van der Waals surface area contributed by atoms with E-state index in [4.69, 9.17) is 5.73 Å². The molecule has 0 atom stereocenters. The first kappa shape index (κ1) is 14.3. The molecule has 0 spiro atoms. The lowest BCUT2D eigenvalue weighted by Gasteiger charge is -2.23. The topological polar surface area (TPSA) is 29.3 Å². The Morgan fingerprint density at radius 3 is 2.53 bits per heavy atom. The number of nitrogens with two attached hydrogens (primary N) is 1. The van der Waals surface area contributed by atoms with Crippen LogP contribution in [0.5, 0.6) is 0 Å². The molecule has 2 N–H and O–H groups in total. The van der Waals surface area contributed by atoms with E-state index in [0.29, 0.717) is 24.0 Å². The van der Waals surface area contributed by atoms with Crippen molar-refractivity contribution in [1.82, 2.24) is 0 Å². The summed E-state index contributed by atoms with van der Waals surface area (Å²) in [5, 5.41) is 0. The minimum Gasteiger partial charge on any atom is -0.374 e. The molecule has 2 nitrogen and oxygen atoms in total. The molecule has 1 rings (SSSR count). The third-order valence-electron chi connectivity index (χ3n) is 2.37. The Balaban J connectivity index is 3.06. The van der Waals surface area contributed by atoms with Gasteiger partial charge in [-0.3, -0.25) is 0 Å². The number of hydrogen-bond acceptors (Lipinski definition) is 2. The van der Waals surface area contributed by atoms with Crippen LogP contribution in [-0.2, 0) is 6.18 Å². The maximum Gasteiger partial charge on any atom is 0.418 e. The van der Waals surface area contributed by atoms with Crippen molar-refractivity contribution in [3.63, 3.8) is 0 Å². The minimum atomic E-state index is -4.35. The summed E-state index contributed by atoms with van der Waals surface area (Å²) in [6, 6.07) is 4.15. The van der Waals surface area contributed by atoms with Gasteiger partial charge in [-0.15, -0.1) is 0 Å². The predicted molar refractivity (Wildman–Crippen MR) is 66.1 cm³/mol. The number of rotatable bonds is 4. The van der Waals surface area contributed by atoms with E-state index in [2.05, 4.69) is 15.9 Å². The van der Waals surface area contributed by atoms with E-state index in [1.54, 1.807) is 18.0 Å². The smallest absolute Gasteiger partial charge is 0.374 e. The molecule has 0 radical (unpaired) electrons. The Bertz CT molecular complexity index is 379. The molecule has 0 aliphatic carbocycles. The van der Waals surface area contributed by atoms with Crippen molar-refractivity contribution >= 4 is 21.6 Å². The Morgan fingerprint density at radius 1 is 1.35 bits per heavy atom. The van der Waals surface area contributed by atoms with Crippen molar-refractivity contribution in [3.05, 3.63) is 28.2 Å². The Kier molecular flexibility index (Phi) is 4.82. The molecule has 6 heteroatoms. The van der Waals surface area contributed by atoms with E-state index in [1.807, 2.05) is 0 Å². The third kappa shape index (κ3) is 3.89. The second-order valence-corrected chi connectivity index (χ2v) is 4.64. The Labute approximate surface area is 107 Å². The highest BCUT2D eigenvalue weighted by Gasteiger charge is 2.34. The minimum absolute atomic E-state index is 0.175. The van der Waals surface area contributed by atoms with Crippen LogP contribution in [0.3, 0.4) is 0 Å². The summed E-state index contributed by atoms with van der Waals surface area (Å²) in [6.07, 6.45) is -3.69. The molecule has 1 aromatic rings. The van der Waals surface area contributed by atoms with Gasteiger partial charge in [0, 0.05) is 23.8 Å². The van der Waals surface area contributed by atoms with Crippen molar-refractivity contribution in [1.29, 1.82) is 0 Å². The van der Waals surface area contributed by atoms with Gasteiger partial charge in [0.1, 0.15) is 0 Å². The van der Waals surface area contributed by atoms with Crippen LogP contribution in [0.1, 0.15) is 12.0 Å². The summed E-state index contributed by atoms with van der Waals surface area (Å²) in [6.45, 7) is 0.962. The van der Waals surface area contributed by atoms with Crippen molar-refractivity contribution < 1.29 is 13.2 Å².